The van der Waals surface area contributed by atoms with Crippen LogP contribution in [0.2, 0.25) is 0 Å². The Morgan fingerprint density at radius 2 is 0.754 bits per heavy atom. The normalized spacial score (nSPS) is 16.3. The number of nitrogens with two attached hydrogens (primary N) is 1. The molecule has 0 aromatic heterocycles. The fourth-order valence-corrected chi connectivity index (χ4v) is 8.14. The molecule has 2 aliphatic heterocycles. The van der Waals surface area contributed by atoms with Crippen molar-refractivity contribution in [1.29, 1.82) is 0 Å². The number of rotatable bonds is 22. The molecule has 6 N–H and O–H groups in total. The maximum Gasteiger partial charge on any atom is 0.326 e. The molecular weight excluding hydrogens is 1660 g/mol. The summed E-state index contributed by atoms with van der Waals surface area (Å²) in [4.78, 5) is 157. The minimum absolute atomic E-state index is 0. The molecule has 2 amide bonds. The molecule has 41 heteroatoms. The molecule has 9 atom stereocenters. The fourth-order valence-electron chi connectivity index (χ4n) is 8.14. The van der Waals surface area contributed by atoms with Crippen LogP contribution >= 0.6 is 82.0 Å². The van der Waals surface area contributed by atoms with E-state index in [1.165, 1.54) is 24.0 Å². The summed E-state index contributed by atoms with van der Waals surface area (Å²) in [6, 6.07) is -1.83. The average Bonchev–Trinajstić information content (AvgIpc) is 1.67. The summed E-state index contributed by atoms with van der Waals surface area (Å²) in [7, 11) is 19.8. The monoisotopic (exact) mass is 1790 g/mol. The number of carbonyl (C=O) groups excluding carboxylic acids is 12. The van der Waals surface area contributed by atoms with Crippen molar-refractivity contribution in [2.24, 2.45) is 47.2 Å². The molecule has 0 aromatic rings. The highest BCUT2D eigenvalue weighted by Gasteiger charge is 2.50. The van der Waals surface area contributed by atoms with Gasteiger partial charge in [0.25, 0.3) is 0 Å². The number of ether oxygens (including phenoxy) is 11. The van der Waals surface area contributed by atoms with E-state index >= 15 is 0 Å². The van der Waals surface area contributed by atoms with Crippen LogP contribution in [-0.4, -0.2) is 321 Å². The maximum absolute atomic E-state index is 12.3. The van der Waals surface area contributed by atoms with Gasteiger partial charge in [-0.15, -0.1) is 12.4 Å². The molecule has 114 heavy (non-hydrogen) atoms. The van der Waals surface area contributed by atoms with Crippen molar-refractivity contribution in [3.63, 3.8) is 0 Å². The van der Waals surface area contributed by atoms with E-state index in [-0.39, 0.29) is 96.6 Å². The molecule has 2 aliphatic rings. The summed E-state index contributed by atoms with van der Waals surface area (Å²) in [5.41, 5.74) is 1.88. The molecule has 0 unspecified atom stereocenters. The van der Waals surface area contributed by atoms with Gasteiger partial charge in [0.15, 0.2) is 26.3 Å². The predicted octanol–water partition coefficient (Wildman–Crippen LogP) is 7.44. The minimum atomic E-state index is -1.35. The first-order chi connectivity index (χ1) is 50.0. The van der Waals surface area contributed by atoms with Crippen LogP contribution in [0.25, 0.3) is 0 Å². The number of likely N-dealkylation sites (N-methyl/N-ethyl adjacent to an activating group) is 2. The van der Waals surface area contributed by atoms with Crippen LogP contribution in [0.15, 0.2) is 0 Å². The highest BCUT2D eigenvalue weighted by Crippen LogP contribution is 2.29. The lowest BCUT2D eigenvalue weighted by Crippen LogP contribution is -2.44. The van der Waals surface area contributed by atoms with Crippen molar-refractivity contribution in [2.75, 3.05) is 138 Å². The van der Waals surface area contributed by atoms with Gasteiger partial charge in [-0.25, -0.2) is 0 Å². The van der Waals surface area contributed by atoms with E-state index in [9.17, 15) is 62.3 Å². The minimum Gasteiger partial charge on any atom is -0.481 e. The first-order valence-corrected chi connectivity index (χ1v) is 36.9. The van der Waals surface area contributed by atoms with Crippen LogP contribution in [-0.2, 0) is 114 Å². The van der Waals surface area contributed by atoms with E-state index in [0.29, 0.717) is 13.0 Å². The van der Waals surface area contributed by atoms with E-state index in [1.54, 1.807) is 140 Å². The first-order valence-electron chi connectivity index (χ1n) is 34.3. The SMILES string of the molecule is C.C.CC(C)(C)OC(=O)[C@@H](N)CO.CC[C@@H](CO)C(=O)OC(C)(C)C.CN(C)[C@@H](CO)C(=O)OC(C)(C)C.COC(=O)C(C(=O)OC)[C@H](CN(C)C)C(=O)OC(C)(C)C.COC(=O)[C@H]1C(=O)N(C)C[C@@H]1C(=O)O.COC(=O)[C@H]1C(=O)N(C)C[C@@H]1C(=O)OC(C)(C)C.COC[C@@H](C(=O)OC(C)(C)C)N(C)C.Cl.ClC(Cl)Cl.ClC(Cl)Cl. The third kappa shape index (κ3) is 64.8. The van der Waals surface area contributed by atoms with Gasteiger partial charge >= 0.3 is 65.7 Å². The smallest absolute Gasteiger partial charge is 0.326 e. The number of likely N-dealkylation sites (tertiary alicyclic amines) is 2. The van der Waals surface area contributed by atoms with Gasteiger partial charge in [-0.2, -0.15) is 0 Å². The topological polar surface area (TPSA) is 447 Å². The van der Waals surface area contributed by atoms with E-state index in [1.807, 2.05) is 62.6 Å². The molecule has 0 aromatic carbocycles. The number of nitrogens with zero attached hydrogens (tertiary/aromatic N) is 5. The zero-order chi connectivity index (χ0) is 89.8. The number of hydrogen-bond donors (Lipinski definition) is 5. The number of aliphatic carboxylic acids is 1. The van der Waals surface area contributed by atoms with E-state index in [4.69, 9.17) is 129 Å². The molecule has 0 spiro atoms. The molecule has 2 fully saturated rings. The Morgan fingerprint density at radius 3 is 1.01 bits per heavy atom. The third-order valence-corrected chi connectivity index (χ3v) is 13.0. The molecule has 34 nitrogen and oxygen atoms in total. The highest BCUT2D eigenvalue weighted by atomic mass is 35.6. The molecule has 0 saturated carbocycles. The Labute approximate surface area is 713 Å². The van der Waals surface area contributed by atoms with Crippen LogP contribution in [0.1, 0.15) is 153 Å². The van der Waals surface area contributed by atoms with Crippen molar-refractivity contribution < 1.29 is 135 Å². The number of halogens is 7. The standard InChI is InChI=1S/C14H25NO6.C12H19NO5.C10H21NO3.C9H19NO3.C9H18O3.C8H11NO5.C7H15NO3.2CHCl3.2CH4.ClH/c1-14(2,3)21-11(16)9(8-15(4)5)10(12(17)19-6)13(18)20-7;1-12(2,3)18-10(15)7-6-13(4)9(14)8(7)11(16)17-5;1-10(2,3)14-9(12)8(7-13-6)11(4)5;1-9(2,3)13-8(12)7(6-11)10(4)5;1-5-7(6-10)8(11)12-9(2,3)4;1-9-3-4(7(11)12)5(6(9)10)8(13)14-2;1-7(2,3)11-6(10)5(8)4-9;2*2-1(3)4;;;/h9-10H,8H2,1-7H3;7-8H,6H2,1-5H3;8H,7H2,1-6H3;7,11H,6H2,1-5H3;7,10H,5-6H2,1-4H3;4-5H,3H2,1-2H3,(H,11,12);5,9H,4,8H2,1-3H3;2*1H;2*1H4;1H/t9-;7-,8+;8-;2*7-;4-,5+;5-;;;;;/m0000000...../s1. The van der Waals surface area contributed by atoms with Gasteiger partial charge in [0.05, 0.1) is 78.5 Å². The third-order valence-electron chi connectivity index (χ3n) is 13.0. The molecule has 0 bridgehead atoms. The van der Waals surface area contributed by atoms with Crippen LogP contribution in [0.3, 0.4) is 0 Å². The van der Waals surface area contributed by atoms with E-state index < -0.39 is 149 Å². The molecule has 678 valence electrons. The van der Waals surface area contributed by atoms with E-state index in [2.05, 4.69) is 18.9 Å². The number of esters is 10. The quantitative estimate of drug-likeness (QED) is 0.0304. The fraction of sp³-hybridized carbons (Fsp3) is 0.822. The number of carbonyl (C=O) groups is 13. The summed E-state index contributed by atoms with van der Waals surface area (Å²) in [5, 5.41) is 35.0. The van der Waals surface area contributed by atoms with Crippen molar-refractivity contribution in [3.05, 3.63) is 0 Å². The number of alkyl halides is 6. The number of aliphatic hydroxyl groups excluding tert-OH is 3. The Kier molecular flexibility index (Phi) is 71.5. The lowest BCUT2D eigenvalue weighted by atomic mass is 9.91. The Bertz CT molecular complexity index is 2780. The highest BCUT2D eigenvalue weighted by molar-refractivity contribution is 6.63. The summed E-state index contributed by atoms with van der Waals surface area (Å²) in [6.07, 6.45) is 0.616. The zero-order valence-corrected chi connectivity index (χ0v) is 76.5. The second-order valence-electron chi connectivity index (χ2n) is 30.8. The number of carboxylic acid groups (broad SMARTS) is 1. The van der Waals surface area contributed by atoms with Crippen molar-refractivity contribution in [2.45, 2.75) is 213 Å². The second kappa shape index (κ2) is 62.9. The molecular formula is C73H139Cl7N6O28. The number of hydrogen-bond acceptors (Lipinski definition) is 31. The maximum atomic E-state index is 12.3. The Hall–Kier alpha value is -5.18. The summed E-state index contributed by atoms with van der Waals surface area (Å²) < 4.78 is 52.5. The molecule has 2 heterocycles. The van der Waals surface area contributed by atoms with Crippen molar-refractivity contribution in [3.8, 4) is 0 Å². The molecule has 0 aliphatic carbocycles. The summed E-state index contributed by atoms with van der Waals surface area (Å²) in [5.74, 6) is -14.7. The van der Waals surface area contributed by atoms with Crippen LogP contribution in [0.5, 0.6) is 0 Å². The summed E-state index contributed by atoms with van der Waals surface area (Å²) >= 11 is 28.8. The second-order valence-corrected chi connectivity index (χ2v) is 34.7. The summed E-state index contributed by atoms with van der Waals surface area (Å²) in [6.45, 7) is 33.8. The molecule has 2 saturated heterocycles. The van der Waals surface area contributed by atoms with Gasteiger partial charge in [-0.05, 0) is 173 Å². The van der Waals surface area contributed by atoms with Crippen LogP contribution < -0.4 is 5.73 Å². The predicted molar refractivity (Wildman–Crippen MR) is 439 cm³/mol. The van der Waals surface area contributed by atoms with E-state index in [0.717, 1.165) is 21.3 Å². The number of aliphatic hydroxyl groups is 3. The lowest BCUT2D eigenvalue weighted by Gasteiger charge is -2.28. The molecule has 0 radical (unpaired) electrons. The molecule has 2 rings (SSSR count). The van der Waals surface area contributed by atoms with Crippen LogP contribution in [0.4, 0.5) is 0 Å². The largest absolute Gasteiger partial charge is 0.481 e. The number of carboxylic acids is 1. The van der Waals surface area contributed by atoms with Gasteiger partial charge < -0.3 is 93.0 Å². The van der Waals surface area contributed by atoms with Crippen molar-refractivity contribution in [1.82, 2.24) is 24.5 Å². The van der Waals surface area contributed by atoms with Gasteiger partial charge in [0, 0.05) is 40.8 Å². The number of amides is 2. The lowest BCUT2D eigenvalue weighted by molar-refractivity contribution is -0.175. The van der Waals surface area contributed by atoms with Gasteiger partial charge in [-0.3, -0.25) is 72.1 Å². The van der Waals surface area contributed by atoms with Crippen LogP contribution in [0, 0.1) is 41.4 Å². The number of methoxy groups -OCH3 is 5. The van der Waals surface area contributed by atoms with Crippen molar-refractivity contribution >= 4 is 159 Å². The average molecular weight is 1800 g/mol. The first kappa shape index (κ1) is 130. The Balaban J connectivity index is -0.000000137. The van der Waals surface area contributed by atoms with Gasteiger partial charge in [0.1, 0.15) is 51.7 Å². The van der Waals surface area contributed by atoms with Gasteiger partial charge in [0.2, 0.25) is 11.8 Å². The zero-order valence-electron chi connectivity index (χ0n) is 71.2. The Morgan fingerprint density at radius 1 is 0.456 bits per heavy atom. The van der Waals surface area contributed by atoms with Gasteiger partial charge in [-0.1, -0.05) is 91.4 Å².